The summed E-state index contributed by atoms with van der Waals surface area (Å²) >= 11 is 0. The average Bonchev–Trinajstić information content (AvgIpc) is 2.78. The van der Waals surface area contributed by atoms with Gasteiger partial charge in [0.25, 0.3) is 5.91 Å². The second kappa shape index (κ2) is 9.71. The SMILES string of the molecule is N#C/C(=C/N(Cc1ccccc1)c1ccccc1)C(=O)Nc1cccc(C(=O)O)c1. The molecule has 0 unspecified atom stereocenters. The van der Waals surface area contributed by atoms with Crippen LogP contribution in [0.25, 0.3) is 0 Å². The Bertz CT molecular complexity index is 1100. The van der Waals surface area contributed by atoms with Gasteiger partial charge in [-0.25, -0.2) is 4.79 Å². The quantitative estimate of drug-likeness (QED) is 0.454. The van der Waals surface area contributed by atoms with Crippen LogP contribution in [0.5, 0.6) is 0 Å². The second-order valence-electron chi connectivity index (χ2n) is 6.44. The number of hydrogen-bond acceptors (Lipinski definition) is 4. The van der Waals surface area contributed by atoms with Gasteiger partial charge < -0.3 is 15.3 Å². The Morgan fingerprint density at radius 1 is 0.967 bits per heavy atom. The fraction of sp³-hybridized carbons (Fsp3) is 0.0417. The Balaban J connectivity index is 1.87. The fourth-order valence-corrected chi connectivity index (χ4v) is 2.83. The molecule has 0 bridgehead atoms. The minimum absolute atomic E-state index is 0.0466. The van der Waals surface area contributed by atoms with Gasteiger partial charge in [-0.1, -0.05) is 54.6 Å². The van der Waals surface area contributed by atoms with Gasteiger partial charge in [-0.2, -0.15) is 5.26 Å². The van der Waals surface area contributed by atoms with E-state index in [4.69, 9.17) is 5.11 Å². The van der Waals surface area contributed by atoms with E-state index in [0.717, 1.165) is 11.3 Å². The molecule has 0 aliphatic heterocycles. The number of rotatable bonds is 7. The molecule has 0 fully saturated rings. The summed E-state index contributed by atoms with van der Waals surface area (Å²) < 4.78 is 0. The smallest absolute Gasteiger partial charge is 0.335 e. The highest BCUT2D eigenvalue weighted by Crippen LogP contribution is 2.19. The van der Waals surface area contributed by atoms with Gasteiger partial charge in [-0.15, -0.1) is 0 Å². The Morgan fingerprint density at radius 2 is 1.63 bits per heavy atom. The number of nitriles is 1. The summed E-state index contributed by atoms with van der Waals surface area (Å²) in [6.07, 6.45) is 1.50. The number of carbonyl (C=O) groups excluding carboxylic acids is 1. The van der Waals surface area contributed by atoms with Gasteiger partial charge in [-0.05, 0) is 35.9 Å². The van der Waals surface area contributed by atoms with Crippen molar-refractivity contribution in [2.24, 2.45) is 0 Å². The van der Waals surface area contributed by atoms with Crippen molar-refractivity contribution in [1.29, 1.82) is 5.26 Å². The van der Waals surface area contributed by atoms with E-state index in [1.54, 1.807) is 6.07 Å². The fourth-order valence-electron chi connectivity index (χ4n) is 2.83. The molecule has 0 heterocycles. The molecule has 30 heavy (non-hydrogen) atoms. The summed E-state index contributed by atoms with van der Waals surface area (Å²) in [6.45, 7) is 0.470. The predicted octanol–water partition coefficient (Wildman–Crippen LogP) is 4.44. The number of benzene rings is 3. The number of nitrogens with zero attached hydrogens (tertiary/aromatic N) is 2. The Morgan fingerprint density at radius 3 is 2.27 bits per heavy atom. The zero-order chi connectivity index (χ0) is 21.3. The lowest BCUT2D eigenvalue weighted by molar-refractivity contribution is -0.112. The van der Waals surface area contributed by atoms with Gasteiger partial charge in [0, 0.05) is 24.1 Å². The van der Waals surface area contributed by atoms with Gasteiger partial charge in [0.05, 0.1) is 5.56 Å². The molecular formula is C24H19N3O3. The molecule has 0 atom stereocenters. The monoisotopic (exact) mass is 397 g/mol. The number of aromatic carboxylic acids is 1. The molecular weight excluding hydrogens is 378 g/mol. The van der Waals surface area contributed by atoms with E-state index < -0.39 is 11.9 Å². The van der Waals surface area contributed by atoms with Gasteiger partial charge in [0.2, 0.25) is 0 Å². The molecule has 148 valence electrons. The highest BCUT2D eigenvalue weighted by Gasteiger charge is 2.14. The first-order valence-corrected chi connectivity index (χ1v) is 9.19. The summed E-state index contributed by atoms with van der Waals surface area (Å²) in [7, 11) is 0. The Hall–Kier alpha value is -4.37. The van der Waals surface area contributed by atoms with Crippen LogP contribution in [0.1, 0.15) is 15.9 Å². The lowest BCUT2D eigenvalue weighted by Gasteiger charge is -2.21. The first kappa shape index (κ1) is 20.4. The number of carboxylic acid groups (broad SMARTS) is 1. The third-order valence-electron chi connectivity index (χ3n) is 4.30. The van der Waals surface area contributed by atoms with E-state index in [-0.39, 0.29) is 11.1 Å². The van der Waals surface area contributed by atoms with E-state index in [9.17, 15) is 14.9 Å². The van der Waals surface area contributed by atoms with Crippen LogP contribution in [0.4, 0.5) is 11.4 Å². The van der Waals surface area contributed by atoms with Crippen molar-refractivity contribution in [2.75, 3.05) is 10.2 Å². The summed E-state index contributed by atoms with van der Waals surface area (Å²) in [6, 6.07) is 26.9. The van der Waals surface area contributed by atoms with Crippen molar-refractivity contribution in [3.8, 4) is 6.07 Å². The molecule has 0 spiro atoms. The van der Waals surface area contributed by atoms with Crippen molar-refractivity contribution in [3.05, 3.63) is 108 Å². The molecule has 0 aromatic heterocycles. The minimum Gasteiger partial charge on any atom is -0.478 e. The molecule has 2 N–H and O–H groups in total. The molecule has 6 heteroatoms. The minimum atomic E-state index is -1.10. The van der Waals surface area contributed by atoms with Crippen LogP contribution >= 0.6 is 0 Å². The summed E-state index contributed by atoms with van der Waals surface area (Å²) in [4.78, 5) is 25.6. The maximum atomic E-state index is 12.7. The van der Waals surface area contributed by atoms with Crippen LogP contribution in [0.15, 0.2) is 96.7 Å². The van der Waals surface area contributed by atoms with Crippen molar-refractivity contribution < 1.29 is 14.7 Å². The standard InChI is InChI=1S/C24H19N3O3/c25-15-20(23(28)26-21-11-7-10-19(14-21)24(29)30)17-27(22-12-5-2-6-13-22)16-18-8-3-1-4-9-18/h1-14,17H,16H2,(H,26,28)(H,29,30)/b20-17-. The molecule has 0 radical (unpaired) electrons. The first-order chi connectivity index (χ1) is 14.6. The normalized spacial score (nSPS) is 10.7. The zero-order valence-electron chi connectivity index (χ0n) is 16.0. The number of para-hydroxylation sites is 1. The molecule has 0 saturated carbocycles. The Kier molecular flexibility index (Phi) is 6.59. The van der Waals surface area contributed by atoms with Gasteiger partial charge >= 0.3 is 5.97 Å². The van der Waals surface area contributed by atoms with Crippen molar-refractivity contribution in [1.82, 2.24) is 0 Å². The number of amides is 1. The maximum absolute atomic E-state index is 12.7. The predicted molar refractivity (Wildman–Crippen MR) is 115 cm³/mol. The van der Waals surface area contributed by atoms with Gasteiger partial charge in [0.1, 0.15) is 11.6 Å². The molecule has 3 aromatic rings. The molecule has 0 aliphatic rings. The van der Waals surface area contributed by atoms with E-state index in [0.29, 0.717) is 12.2 Å². The third kappa shape index (κ3) is 5.33. The third-order valence-corrected chi connectivity index (χ3v) is 4.30. The molecule has 3 rings (SSSR count). The summed E-state index contributed by atoms with van der Waals surface area (Å²) in [5, 5.41) is 21.3. The average molecular weight is 397 g/mol. The van der Waals surface area contributed by atoms with E-state index in [1.807, 2.05) is 71.6 Å². The molecule has 6 nitrogen and oxygen atoms in total. The molecule has 1 amide bonds. The highest BCUT2D eigenvalue weighted by atomic mass is 16.4. The number of anilines is 2. The highest BCUT2D eigenvalue weighted by molar-refractivity contribution is 6.07. The van der Waals surface area contributed by atoms with Crippen LogP contribution in [-0.4, -0.2) is 17.0 Å². The maximum Gasteiger partial charge on any atom is 0.335 e. The van der Waals surface area contributed by atoms with E-state index in [2.05, 4.69) is 5.32 Å². The van der Waals surface area contributed by atoms with Crippen molar-refractivity contribution in [3.63, 3.8) is 0 Å². The van der Waals surface area contributed by atoms with Gasteiger partial charge in [-0.3, -0.25) is 4.79 Å². The number of nitrogens with one attached hydrogen (secondary N) is 1. The van der Waals surface area contributed by atoms with Crippen molar-refractivity contribution >= 4 is 23.3 Å². The topological polar surface area (TPSA) is 93.4 Å². The summed E-state index contributed by atoms with van der Waals surface area (Å²) in [5.41, 5.74) is 2.09. The van der Waals surface area contributed by atoms with Crippen LogP contribution in [-0.2, 0) is 11.3 Å². The lowest BCUT2D eigenvalue weighted by Crippen LogP contribution is -2.21. The molecule has 0 saturated heterocycles. The zero-order valence-corrected chi connectivity index (χ0v) is 16.0. The lowest BCUT2D eigenvalue weighted by atomic mass is 10.1. The van der Waals surface area contributed by atoms with E-state index >= 15 is 0 Å². The number of carbonyl (C=O) groups is 2. The number of hydrogen-bond donors (Lipinski definition) is 2. The van der Waals surface area contributed by atoms with Crippen LogP contribution in [0, 0.1) is 11.3 Å². The van der Waals surface area contributed by atoms with Crippen LogP contribution in [0.2, 0.25) is 0 Å². The number of carboxylic acids is 1. The summed E-state index contributed by atoms with van der Waals surface area (Å²) in [5.74, 6) is -1.71. The van der Waals surface area contributed by atoms with Crippen molar-refractivity contribution in [2.45, 2.75) is 6.54 Å². The first-order valence-electron chi connectivity index (χ1n) is 9.19. The van der Waals surface area contributed by atoms with E-state index in [1.165, 1.54) is 24.4 Å². The van der Waals surface area contributed by atoms with Gasteiger partial charge in [0.15, 0.2) is 0 Å². The molecule has 3 aromatic carbocycles. The second-order valence-corrected chi connectivity index (χ2v) is 6.44. The Labute approximate surface area is 174 Å². The molecule has 0 aliphatic carbocycles. The van der Waals surface area contributed by atoms with Crippen LogP contribution < -0.4 is 10.2 Å². The van der Waals surface area contributed by atoms with Crippen LogP contribution in [0.3, 0.4) is 0 Å². The largest absolute Gasteiger partial charge is 0.478 e.